The van der Waals surface area contributed by atoms with Crippen LogP contribution in [0, 0.1) is 13.8 Å². The summed E-state index contributed by atoms with van der Waals surface area (Å²) in [4.78, 5) is 23.9. The third-order valence-corrected chi connectivity index (χ3v) is 3.33. The van der Waals surface area contributed by atoms with Crippen LogP contribution in [0.2, 0.25) is 0 Å². The van der Waals surface area contributed by atoms with Crippen molar-refractivity contribution in [3.8, 4) is 0 Å². The van der Waals surface area contributed by atoms with Crippen LogP contribution in [-0.4, -0.2) is 30.1 Å². The summed E-state index contributed by atoms with van der Waals surface area (Å²) in [5.41, 5.74) is 2.64. The van der Waals surface area contributed by atoms with Gasteiger partial charge in [-0.3, -0.25) is 4.79 Å². The first-order chi connectivity index (χ1) is 8.97. The van der Waals surface area contributed by atoms with Crippen molar-refractivity contribution in [1.82, 2.24) is 5.32 Å². The van der Waals surface area contributed by atoms with Gasteiger partial charge in [-0.1, -0.05) is 6.07 Å². The lowest BCUT2D eigenvalue weighted by molar-refractivity contribution is 0.0524. The number of aliphatic hydroxyl groups excluding tert-OH is 1. The molecule has 1 unspecified atom stereocenters. The molecule has 102 valence electrons. The molecule has 1 heterocycles. The summed E-state index contributed by atoms with van der Waals surface area (Å²) in [5, 5.41) is 12.5. The highest BCUT2D eigenvalue weighted by atomic mass is 16.5. The number of aliphatic hydroxyl groups is 1. The fourth-order valence-corrected chi connectivity index (χ4v) is 2.48. The number of fused-ring (bicyclic) bond motifs is 1. The predicted octanol–water partition coefficient (Wildman–Crippen LogP) is 1.26. The van der Waals surface area contributed by atoms with Gasteiger partial charge >= 0.3 is 5.97 Å². The fraction of sp³-hybridized carbons (Fsp3) is 0.429. The molecule has 1 aliphatic heterocycles. The molecule has 0 spiro atoms. The Morgan fingerprint density at radius 3 is 2.84 bits per heavy atom. The molecule has 0 aromatic heterocycles. The van der Waals surface area contributed by atoms with Crippen molar-refractivity contribution in [3.05, 3.63) is 33.9 Å². The lowest BCUT2D eigenvalue weighted by Crippen LogP contribution is -2.36. The molecule has 1 amide bonds. The predicted molar refractivity (Wildman–Crippen MR) is 69.2 cm³/mol. The Morgan fingerprint density at radius 2 is 2.21 bits per heavy atom. The van der Waals surface area contributed by atoms with Gasteiger partial charge in [-0.15, -0.1) is 0 Å². The Bertz CT molecular complexity index is 551. The zero-order valence-electron chi connectivity index (χ0n) is 11.2. The number of amides is 1. The van der Waals surface area contributed by atoms with Crippen molar-refractivity contribution in [1.29, 1.82) is 0 Å². The minimum absolute atomic E-state index is 0.198. The highest BCUT2D eigenvalue weighted by molar-refractivity contribution is 6.03. The van der Waals surface area contributed by atoms with E-state index in [1.165, 1.54) is 0 Å². The third-order valence-electron chi connectivity index (χ3n) is 3.33. The average Bonchev–Trinajstić information content (AvgIpc) is 2.34. The van der Waals surface area contributed by atoms with Crippen LogP contribution in [0.3, 0.4) is 0 Å². The first kappa shape index (κ1) is 13.5. The Morgan fingerprint density at radius 1 is 1.53 bits per heavy atom. The maximum absolute atomic E-state index is 11.9. The van der Waals surface area contributed by atoms with Crippen molar-refractivity contribution >= 4 is 11.9 Å². The second-order valence-corrected chi connectivity index (χ2v) is 4.60. The maximum Gasteiger partial charge on any atom is 0.338 e. The molecule has 0 fully saturated rings. The molecule has 5 heteroatoms. The van der Waals surface area contributed by atoms with E-state index < -0.39 is 12.1 Å². The molecular formula is C14H17NO4. The largest absolute Gasteiger partial charge is 0.462 e. The number of hydrogen-bond acceptors (Lipinski definition) is 4. The first-order valence-electron chi connectivity index (χ1n) is 6.24. The molecule has 1 aliphatic rings. The Hall–Kier alpha value is -1.88. The van der Waals surface area contributed by atoms with Crippen LogP contribution in [-0.2, 0) is 4.74 Å². The van der Waals surface area contributed by atoms with E-state index in [1.54, 1.807) is 26.8 Å². The van der Waals surface area contributed by atoms with Gasteiger partial charge < -0.3 is 15.2 Å². The number of ether oxygens (including phenoxy) is 1. The van der Waals surface area contributed by atoms with Gasteiger partial charge in [-0.05, 0) is 37.5 Å². The minimum atomic E-state index is -0.735. The molecule has 2 N–H and O–H groups in total. The molecule has 1 aromatic rings. The summed E-state index contributed by atoms with van der Waals surface area (Å²) >= 11 is 0. The normalized spacial score (nSPS) is 17.7. The lowest BCUT2D eigenvalue weighted by Gasteiger charge is -2.25. The van der Waals surface area contributed by atoms with E-state index in [0.717, 1.165) is 0 Å². The molecule has 5 nitrogen and oxygen atoms in total. The summed E-state index contributed by atoms with van der Waals surface area (Å²) in [7, 11) is 0. The van der Waals surface area contributed by atoms with E-state index in [0.29, 0.717) is 27.8 Å². The molecule has 1 aromatic carbocycles. The number of hydrogen-bond donors (Lipinski definition) is 2. The van der Waals surface area contributed by atoms with Crippen molar-refractivity contribution in [3.63, 3.8) is 0 Å². The number of nitrogens with one attached hydrogen (secondary N) is 1. The summed E-state index contributed by atoms with van der Waals surface area (Å²) in [6, 6.07) is 1.69. The van der Waals surface area contributed by atoms with Crippen molar-refractivity contribution in [2.24, 2.45) is 0 Å². The van der Waals surface area contributed by atoms with Gasteiger partial charge in [-0.2, -0.15) is 0 Å². The van der Waals surface area contributed by atoms with Crippen LogP contribution in [0.25, 0.3) is 0 Å². The minimum Gasteiger partial charge on any atom is -0.462 e. The Kier molecular flexibility index (Phi) is 3.57. The molecule has 2 rings (SSSR count). The van der Waals surface area contributed by atoms with E-state index in [1.807, 2.05) is 0 Å². The molecule has 0 radical (unpaired) electrons. The summed E-state index contributed by atoms with van der Waals surface area (Å²) < 4.78 is 5.01. The van der Waals surface area contributed by atoms with Crippen LogP contribution in [0.1, 0.15) is 50.4 Å². The van der Waals surface area contributed by atoms with Crippen LogP contribution in [0.4, 0.5) is 0 Å². The van der Waals surface area contributed by atoms with Gasteiger partial charge in [0.25, 0.3) is 5.91 Å². The van der Waals surface area contributed by atoms with Gasteiger partial charge in [-0.25, -0.2) is 4.79 Å². The number of rotatable bonds is 2. The van der Waals surface area contributed by atoms with Crippen LogP contribution >= 0.6 is 0 Å². The molecule has 19 heavy (non-hydrogen) atoms. The summed E-state index contributed by atoms with van der Waals surface area (Å²) in [5.74, 6) is -0.698. The Balaban J connectivity index is 2.63. The van der Waals surface area contributed by atoms with Gasteiger partial charge in [0.05, 0.1) is 18.3 Å². The van der Waals surface area contributed by atoms with E-state index >= 15 is 0 Å². The molecule has 1 atom stereocenters. The number of carbonyl (C=O) groups is 2. The molecular weight excluding hydrogens is 246 g/mol. The maximum atomic E-state index is 11.9. The average molecular weight is 263 g/mol. The number of carbonyl (C=O) groups excluding carboxylic acids is 2. The van der Waals surface area contributed by atoms with Gasteiger partial charge in [0, 0.05) is 12.1 Å². The van der Waals surface area contributed by atoms with Crippen molar-refractivity contribution in [2.45, 2.75) is 26.9 Å². The topological polar surface area (TPSA) is 75.6 Å². The van der Waals surface area contributed by atoms with Crippen LogP contribution < -0.4 is 5.32 Å². The Labute approximate surface area is 111 Å². The molecule has 0 saturated carbocycles. The van der Waals surface area contributed by atoms with Crippen LogP contribution in [0.15, 0.2) is 6.07 Å². The molecule has 0 bridgehead atoms. The van der Waals surface area contributed by atoms with E-state index in [-0.39, 0.29) is 19.1 Å². The molecule has 0 saturated heterocycles. The van der Waals surface area contributed by atoms with Gasteiger partial charge in [0.15, 0.2) is 0 Å². The smallest absolute Gasteiger partial charge is 0.338 e. The zero-order valence-corrected chi connectivity index (χ0v) is 11.2. The number of aryl methyl sites for hydroxylation is 1. The monoisotopic (exact) mass is 263 g/mol. The molecule has 0 aliphatic carbocycles. The third kappa shape index (κ3) is 2.21. The quantitative estimate of drug-likeness (QED) is 0.788. The number of benzene rings is 1. The second kappa shape index (κ2) is 5.01. The van der Waals surface area contributed by atoms with E-state index in [4.69, 9.17) is 4.74 Å². The highest BCUT2D eigenvalue weighted by Crippen LogP contribution is 2.29. The van der Waals surface area contributed by atoms with Gasteiger partial charge in [0.1, 0.15) is 0 Å². The van der Waals surface area contributed by atoms with E-state index in [2.05, 4.69) is 5.32 Å². The first-order valence-corrected chi connectivity index (χ1v) is 6.24. The van der Waals surface area contributed by atoms with Gasteiger partial charge in [0.2, 0.25) is 0 Å². The van der Waals surface area contributed by atoms with E-state index in [9.17, 15) is 14.7 Å². The standard InChI is InChI=1S/C14H17NO4/c1-4-19-14(18)11-7(2)5-9-10(16)6-15-13(17)12(9)8(11)3/h5,10,16H,4,6H2,1-3H3,(H,15,17). The summed E-state index contributed by atoms with van der Waals surface area (Å²) in [6.45, 7) is 5.69. The lowest BCUT2D eigenvalue weighted by atomic mass is 9.88. The summed E-state index contributed by atoms with van der Waals surface area (Å²) in [6.07, 6.45) is -0.735. The fourth-order valence-electron chi connectivity index (χ4n) is 2.48. The highest BCUT2D eigenvalue weighted by Gasteiger charge is 2.29. The van der Waals surface area contributed by atoms with Crippen LogP contribution in [0.5, 0.6) is 0 Å². The number of esters is 1. The van der Waals surface area contributed by atoms with Crippen molar-refractivity contribution < 1.29 is 19.4 Å². The second-order valence-electron chi connectivity index (χ2n) is 4.60. The SMILES string of the molecule is CCOC(=O)c1c(C)cc2c(c1C)C(=O)NCC2O. The number of β-amino-alcohol motifs (C(OH)–C–C–N with tert-alkyl or cyclic N) is 1. The zero-order chi connectivity index (χ0) is 14.2. The van der Waals surface area contributed by atoms with Crippen molar-refractivity contribution in [2.75, 3.05) is 13.2 Å².